The van der Waals surface area contributed by atoms with Gasteiger partial charge in [-0.15, -0.1) is 0 Å². The molecule has 0 aromatic heterocycles. The zero-order valence-corrected chi connectivity index (χ0v) is 12.5. The minimum Gasteiger partial charge on any atom is -0.413 e. The quantitative estimate of drug-likeness (QED) is 0.631. The summed E-state index contributed by atoms with van der Waals surface area (Å²) in [6, 6.07) is 14.8. The van der Waals surface area contributed by atoms with Crippen molar-refractivity contribution in [1.29, 1.82) is 0 Å². The second kappa shape index (κ2) is 5.30. The van der Waals surface area contributed by atoms with Crippen LogP contribution in [0, 0.1) is 13.8 Å². The highest BCUT2D eigenvalue weighted by atomic mass is 16.7. The van der Waals surface area contributed by atoms with Gasteiger partial charge in [0.15, 0.2) is 0 Å². The van der Waals surface area contributed by atoms with E-state index in [9.17, 15) is 9.59 Å². The summed E-state index contributed by atoms with van der Waals surface area (Å²) in [7, 11) is 0. The minimum atomic E-state index is -1.51. The molecule has 0 radical (unpaired) electrons. The number of hydrogen-bond donors (Lipinski definition) is 0. The highest BCUT2D eigenvalue weighted by Crippen LogP contribution is 2.39. The molecule has 3 rings (SSSR count). The molecule has 22 heavy (non-hydrogen) atoms. The van der Waals surface area contributed by atoms with Crippen LogP contribution in [0.2, 0.25) is 0 Å². The van der Waals surface area contributed by atoms with Crippen LogP contribution in [0.1, 0.15) is 28.7 Å². The summed E-state index contributed by atoms with van der Waals surface area (Å²) in [5.74, 6) is -2.68. The van der Waals surface area contributed by atoms with E-state index in [-0.39, 0.29) is 6.42 Å². The van der Waals surface area contributed by atoms with E-state index >= 15 is 0 Å². The number of rotatable bonds is 2. The lowest BCUT2D eigenvalue weighted by Crippen LogP contribution is -2.43. The maximum atomic E-state index is 11.9. The fraction of sp³-hybridized carbons (Fsp3) is 0.222. The van der Waals surface area contributed by atoms with Gasteiger partial charge >= 0.3 is 17.7 Å². The first-order valence-electron chi connectivity index (χ1n) is 7.07. The predicted octanol–water partition coefficient (Wildman–Crippen LogP) is 2.99. The molecular weight excluding hydrogens is 280 g/mol. The van der Waals surface area contributed by atoms with Crippen LogP contribution in [-0.2, 0) is 24.8 Å². The van der Waals surface area contributed by atoms with E-state index in [0.29, 0.717) is 11.1 Å². The SMILES string of the molecule is Cc1cccc(C2(c3cccc(C)c3)OC(=O)CC(=O)O2)c1. The van der Waals surface area contributed by atoms with Crippen molar-refractivity contribution >= 4 is 11.9 Å². The highest BCUT2D eigenvalue weighted by Gasteiger charge is 2.47. The van der Waals surface area contributed by atoms with Crippen LogP contribution in [0.4, 0.5) is 0 Å². The summed E-state index contributed by atoms with van der Waals surface area (Å²) in [5.41, 5.74) is 3.23. The molecule has 0 N–H and O–H groups in total. The fourth-order valence-corrected chi connectivity index (χ4v) is 2.63. The lowest BCUT2D eigenvalue weighted by molar-refractivity contribution is -0.234. The molecule has 0 unspecified atom stereocenters. The molecule has 2 aromatic rings. The summed E-state index contributed by atoms with van der Waals surface area (Å²) in [6.45, 7) is 3.86. The third-order valence-electron chi connectivity index (χ3n) is 3.60. The predicted molar refractivity (Wildman–Crippen MR) is 79.9 cm³/mol. The van der Waals surface area contributed by atoms with Crippen LogP contribution >= 0.6 is 0 Å². The van der Waals surface area contributed by atoms with Crippen molar-refractivity contribution in [2.45, 2.75) is 26.1 Å². The number of cyclic esters (lactones) is 2. The van der Waals surface area contributed by atoms with Crippen molar-refractivity contribution in [3.8, 4) is 0 Å². The molecule has 1 aliphatic heterocycles. The van der Waals surface area contributed by atoms with Crippen LogP contribution in [-0.4, -0.2) is 11.9 Å². The Morgan fingerprint density at radius 3 is 1.68 bits per heavy atom. The van der Waals surface area contributed by atoms with Crippen LogP contribution in [0.15, 0.2) is 48.5 Å². The Labute approximate surface area is 128 Å². The molecule has 0 bridgehead atoms. The van der Waals surface area contributed by atoms with Gasteiger partial charge in [0.05, 0.1) is 0 Å². The van der Waals surface area contributed by atoms with Crippen molar-refractivity contribution in [1.82, 2.24) is 0 Å². The van der Waals surface area contributed by atoms with Crippen LogP contribution in [0.5, 0.6) is 0 Å². The molecule has 4 nitrogen and oxygen atoms in total. The monoisotopic (exact) mass is 296 g/mol. The zero-order valence-electron chi connectivity index (χ0n) is 12.5. The van der Waals surface area contributed by atoms with Crippen LogP contribution in [0.25, 0.3) is 0 Å². The van der Waals surface area contributed by atoms with Gasteiger partial charge in [0, 0.05) is 11.1 Å². The summed E-state index contributed by atoms with van der Waals surface area (Å²) >= 11 is 0. The van der Waals surface area contributed by atoms with Gasteiger partial charge in [-0.3, -0.25) is 9.59 Å². The molecule has 2 aromatic carbocycles. The van der Waals surface area contributed by atoms with E-state index in [1.807, 2.05) is 50.2 Å². The van der Waals surface area contributed by atoms with Crippen molar-refractivity contribution in [3.05, 3.63) is 70.8 Å². The summed E-state index contributed by atoms with van der Waals surface area (Å²) in [5, 5.41) is 0. The van der Waals surface area contributed by atoms with Gasteiger partial charge in [-0.25, -0.2) is 0 Å². The van der Waals surface area contributed by atoms with E-state index in [1.54, 1.807) is 12.1 Å². The van der Waals surface area contributed by atoms with E-state index < -0.39 is 17.7 Å². The Morgan fingerprint density at radius 2 is 1.27 bits per heavy atom. The Morgan fingerprint density at radius 1 is 0.818 bits per heavy atom. The molecule has 112 valence electrons. The molecule has 0 atom stereocenters. The van der Waals surface area contributed by atoms with Gasteiger partial charge in [0.2, 0.25) is 0 Å². The molecule has 0 spiro atoms. The van der Waals surface area contributed by atoms with Gasteiger partial charge < -0.3 is 9.47 Å². The lowest BCUT2D eigenvalue weighted by Gasteiger charge is -2.36. The molecule has 1 saturated heterocycles. The second-order valence-corrected chi connectivity index (χ2v) is 5.48. The molecule has 1 heterocycles. The van der Waals surface area contributed by atoms with Crippen molar-refractivity contribution < 1.29 is 19.1 Å². The highest BCUT2D eigenvalue weighted by molar-refractivity contribution is 5.93. The minimum absolute atomic E-state index is 0.362. The molecule has 0 amide bonds. The van der Waals surface area contributed by atoms with Crippen LogP contribution in [0.3, 0.4) is 0 Å². The van der Waals surface area contributed by atoms with Crippen molar-refractivity contribution in [2.24, 2.45) is 0 Å². The van der Waals surface area contributed by atoms with Gasteiger partial charge in [0.1, 0.15) is 6.42 Å². The number of esters is 2. The Balaban J connectivity index is 2.22. The number of hydrogen-bond acceptors (Lipinski definition) is 4. The topological polar surface area (TPSA) is 52.6 Å². The standard InChI is InChI=1S/C18H16O4/c1-12-5-3-7-14(9-12)18(15-8-4-6-13(2)10-15)21-16(19)11-17(20)22-18/h3-10H,11H2,1-2H3. The first kappa shape index (κ1) is 14.3. The molecule has 0 saturated carbocycles. The Hall–Kier alpha value is -2.62. The number of carbonyl (C=O) groups excluding carboxylic acids is 2. The van der Waals surface area contributed by atoms with E-state index in [1.165, 1.54) is 0 Å². The third kappa shape index (κ3) is 2.48. The van der Waals surface area contributed by atoms with Gasteiger partial charge in [-0.05, 0) is 26.0 Å². The van der Waals surface area contributed by atoms with Crippen molar-refractivity contribution in [2.75, 3.05) is 0 Å². The average molecular weight is 296 g/mol. The van der Waals surface area contributed by atoms with Gasteiger partial charge in [-0.2, -0.15) is 0 Å². The molecule has 1 fully saturated rings. The lowest BCUT2D eigenvalue weighted by atomic mass is 9.94. The molecular formula is C18H16O4. The van der Waals surface area contributed by atoms with E-state index in [0.717, 1.165) is 11.1 Å². The van der Waals surface area contributed by atoms with Gasteiger partial charge in [0.25, 0.3) is 0 Å². The summed E-state index contributed by atoms with van der Waals surface area (Å²) in [4.78, 5) is 23.8. The molecule has 0 aliphatic carbocycles. The molecule has 4 heteroatoms. The average Bonchev–Trinajstić information content (AvgIpc) is 2.46. The van der Waals surface area contributed by atoms with Gasteiger partial charge in [-0.1, -0.05) is 47.5 Å². The Kier molecular flexibility index (Phi) is 3.45. The zero-order chi connectivity index (χ0) is 15.7. The molecule has 1 aliphatic rings. The fourth-order valence-electron chi connectivity index (χ4n) is 2.63. The maximum Gasteiger partial charge on any atom is 0.320 e. The summed E-state index contributed by atoms with van der Waals surface area (Å²) in [6.07, 6.45) is -0.362. The van der Waals surface area contributed by atoms with E-state index in [2.05, 4.69) is 0 Å². The normalized spacial score (nSPS) is 16.8. The third-order valence-corrected chi connectivity index (χ3v) is 3.60. The number of aryl methyl sites for hydroxylation is 2. The van der Waals surface area contributed by atoms with Crippen molar-refractivity contribution in [3.63, 3.8) is 0 Å². The largest absolute Gasteiger partial charge is 0.413 e. The first-order valence-corrected chi connectivity index (χ1v) is 7.07. The smallest absolute Gasteiger partial charge is 0.320 e. The second-order valence-electron chi connectivity index (χ2n) is 5.48. The number of ether oxygens (including phenoxy) is 2. The maximum absolute atomic E-state index is 11.9. The van der Waals surface area contributed by atoms with E-state index in [4.69, 9.17) is 9.47 Å². The van der Waals surface area contributed by atoms with Crippen LogP contribution < -0.4 is 0 Å². The summed E-state index contributed by atoms with van der Waals surface area (Å²) < 4.78 is 11.1. The first-order chi connectivity index (χ1) is 10.5. The number of benzene rings is 2. The Bertz CT molecular complexity index is 685. The number of carbonyl (C=O) groups is 2.